The summed E-state index contributed by atoms with van der Waals surface area (Å²) >= 11 is 0. The lowest BCUT2D eigenvalue weighted by Gasteiger charge is -2.20. The molecule has 2 atom stereocenters. The van der Waals surface area contributed by atoms with Crippen molar-refractivity contribution in [2.75, 3.05) is 19.7 Å². The van der Waals surface area contributed by atoms with Crippen LogP contribution in [0.3, 0.4) is 0 Å². The average Bonchev–Trinajstić information content (AvgIpc) is 2.95. The summed E-state index contributed by atoms with van der Waals surface area (Å²) in [7, 11) is 1.76. The monoisotopic (exact) mass is 390 g/mol. The first-order chi connectivity index (χ1) is 13.5. The maximum Gasteiger partial charge on any atom is 0.407 e. The van der Waals surface area contributed by atoms with E-state index in [9.17, 15) is 19.5 Å². The van der Waals surface area contributed by atoms with E-state index in [-0.39, 0.29) is 11.8 Å². The van der Waals surface area contributed by atoms with E-state index in [2.05, 4.69) is 5.32 Å². The number of alkyl carbamates (subject to hydrolysis) is 1. The lowest BCUT2D eigenvalue weighted by molar-refractivity contribution is -0.0147. The molecule has 152 valence electrons. The molecule has 1 aromatic rings. The van der Waals surface area contributed by atoms with Crippen LogP contribution in [-0.2, 0) is 4.74 Å². The van der Waals surface area contributed by atoms with Gasteiger partial charge in [-0.3, -0.25) is 14.5 Å². The van der Waals surface area contributed by atoms with Gasteiger partial charge in [0.2, 0.25) is 0 Å². The number of aliphatic hydroxyl groups excluding tert-OH is 2. The fraction of sp³-hybridized carbons (Fsp3) is 0.526. The lowest BCUT2D eigenvalue weighted by atomic mass is 9.96. The number of nitrogens with zero attached hydrogens (tertiary/aromatic N) is 1. The molecule has 3 amide bonds. The van der Waals surface area contributed by atoms with Crippen molar-refractivity contribution < 1.29 is 29.3 Å². The summed E-state index contributed by atoms with van der Waals surface area (Å²) in [5.41, 5.74) is 0.929. The minimum Gasteiger partial charge on any atom is -0.444 e. The third-order valence-electron chi connectivity index (χ3n) is 4.73. The molecule has 0 fully saturated rings. The molecule has 0 radical (unpaired) electrons. The average molecular weight is 390 g/mol. The number of hydrogen-bond donors (Lipinski definition) is 3. The number of aliphatic hydroxyl groups is 2. The second-order valence-electron chi connectivity index (χ2n) is 6.75. The molecule has 3 N–H and O–H groups in total. The van der Waals surface area contributed by atoms with Gasteiger partial charge in [0.15, 0.2) is 0 Å². The smallest absolute Gasteiger partial charge is 0.407 e. The van der Waals surface area contributed by atoms with Gasteiger partial charge in [-0.1, -0.05) is 25.0 Å². The highest BCUT2D eigenvalue weighted by Gasteiger charge is 2.34. The van der Waals surface area contributed by atoms with Crippen molar-refractivity contribution >= 4 is 25.8 Å². The molecule has 9 heteroatoms. The minimum atomic E-state index is -1.09. The van der Waals surface area contributed by atoms with Crippen LogP contribution in [0.4, 0.5) is 4.79 Å². The summed E-state index contributed by atoms with van der Waals surface area (Å²) in [5, 5.41) is 21.0. The highest BCUT2D eigenvalue weighted by Crippen LogP contribution is 2.22. The van der Waals surface area contributed by atoms with Crippen molar-refractivity contribution in [2.24, 2.45) is 0 Å². The number of benzene rings is 1. The third-order valence-corrected chi connectivity index (χ3v) is 4.73. The van der Waals surface area contributed by atoms with Crippen LogP contribution in [0.25, 0.3) is 0 Å². The molecule has 0 saturated carbocycles. The summed E-state index contributed by atoms with van der Waals surface area (Å²) in [6.07, 6.45) is 1.07. The van der Waals surface area contributed by atoms with Crippen LogP contribution in [0.5, 0.6) is 0 Å². The van der Waals surface area contributed by atoms with Crippen molar-refractivity contribution in [3.05, 3.63) is 35.4 Å². The van der Waals surface area contributed by atoms with Gasteiger partial charge in [0.05, 0.1) is 17.7 Å². The van der Waals surface area contributed by atoms with Gasteiger partial charge in [0.1, 0.15) is 20.1 Å². The number of hydrogen-bond acceptors (Lipinski definition) is 6. The summed E-state index contributed by atoms with van der Waals surface area (Å²) in [4.78, 5) is 37.4. The lowest BCUT2D eigenvalue weighted by Crippen LogP contribution is -2.37. The zero-order chi connectivity index (χ0) is 20.5. The molecular formula is C19H27BN2O6. The number of amides is 3. The first-order valence-electron chi connectivity index (χ1n) is 9.68. The maximum absolute atomic E-state index is 12.2. The van der Waals surface area contributed by atoms with Gasteiger partial charge in [-0.2, -0.15) is 0 Å². The van der Waals surface area contributed by atoms with E-state index < -0.39 is 24.9 Å². The highest BCUT2D eigenvalue weighted by molar-refractivity contribution is 6.21. The molecular weight excluding hydrogens is 363 g/mol. The van der Waals surface area contributed by atoms with Crippen molar-refractivity contribution in [2.45, 2.75) is 44.2 Å². The van der Waals surface area contributed by atoms with Crippen LogP contribution in [0.1, 0.15) is 46.4 Å². The Morgan fingerprint density at radius 1 is 1.11 bits per heavy atom. The number of unbranched alkanes of at least 4 members (excludes halogenated alkanes) is 3. The third kappa shape index (κ3) is 5.56. The molecule has 1 aliphatic rings. The number of imide groups is 1. The second kappa shape index (κ2) is 10.8. The van der Waals surface area contributed by atoms with Crippen LogP contribution >= 0.6 is 0 Å². The Bertz CT molecular complexity index is 664. The molecule has 1 aliphatic heterocycles. The molecule has 2 rings (SSSR count). The maximum atomic E-state index is 12.2. The normalized spacial score (nSPS) is 15.3. The zero-order valence-electron chi connectivity index (χ0n) is 16.1. The van der Waals surface area contributed by atoms with E-state index in [0.29, 0.717) is 37.0 Å². The predicted octanol–water partition coefficient (Wildman–Crippen LogP) is 0.342. The fourth-order valence-electron chi connectivity index (χ4n) is 3.11. The van der Waals surface area contributed by atoms with Gasteiger partial charge in [-0.25, -0.2) is 4.79 Å². The molecule has 8 nitrogen and oxygen atoms in total. The van der Waals surface area contributed by atoms with E-state index >= 15 is 0 Å². The SMILES string of the molecule is BC[C@H](OC(=O)NCCCCCCN1C(=O)c2ccccc2C1=O)[C@@H](O)CO. The molecule has 1 aromatic carbocycles. The fourth-order valence-corrected chi connectivity index (χ4v) is 3.11. The molecule has 0 saturated heterocycles. The number of fused-ring (bicyclic) bond motifs is 1. The summed E-state index contributed by atoms with van der Waals surface area (Å²) in [6.45, 7) is 0.357. The van der Waals surface area contributed by atoms with E-state index in [1.807, 2.05) is 0 Å². The topological polar surface area (TPSA) is 116 Å². The number of carbonyl (C=O) groups excluding carboxylic acids is 3. The van der Waals surface area contributed by atoms with E-state index in [1.54, 1.807) is 32.1 Å². The molecule has 0 aromatic heterocycles. The molecule has 0 unspecified atom stereocenters. The van der Waals surface area contributed by atoms with Gasteiger partial charge in [0, 0.05) is 13.1 Å². The van der Waals surface area contributed by atoms with Gasteiger partial charge < -0.3 is 20.3 Å². The Hall–Kier alpha value is -2.39. The molecule has 0 aliphatic carbocycles. The number of rotatable bonds is 11. The quantitative estimate of drug-likeness (QED) is 0.285. The Morgan fingerprint density at radius 2 is 1.71 bits per heavy atom. The molecule has 0 bridgehead atoms. The predicted molar refractivity (Wildman–Crippen MR) is 105 cm³/mol. The van der Waals surface area contributed by atoms with Crippen LogP contribution in [-0.4, -0.2) is 72.8 Å². The molecule has 28 heavy (non-hydrogen) atoms. The summed E-state index contributed by atoms with van der Waals surface area (Å²) in [6, 6.07) is 6.84. The number of ether oxygens (including phenoxy) is 1. The molecule has 1 heterocycles. The van der Waals surface area contributed by atoms with Gasteiger partial charge in [-0.05, 0) is 31.3 Å². The van der Waals surface area contributed by atoms with Crippen molar-refractivity contribution in [1.82, 2.24) is 10.2 Å². The first kappa shape index (κ1) is 21.9. The van der Waals surface area contributed by atoms with E-state index in [1.165, 1.54) is 4.90 Å². The van der Waals surface area contributed by atoms with Crippen LogP contribution in [0.15, 0.2) is 24.3 Å². The van der Waals surface area contributed by atoms with E-state index in [0.717, 1.165) is 19.3 Å². The Kier molecular flexibility index (Phi) is 8.47. The summed E-state index contributed by atoms with van der Waals surface area (Å²) in [5.74, 6) is -0.471. The van der Waals surface area contributed by atoms with Crippen molar-refractivity contribution in [3.63, 3.8) is 0 Å². The van der Waals surface area contributed by atoms with Crippen molar-refractivity contribution in [1.29, 1.82) is 0 Å². The molecule has 0 spiro atoms. The Balaban J connectivity index is 1.59. The summed E-state index contributed by atoms with van der Waals surface area (Å²) < 4.78 is 5.06. The Morgan fingerprint density at radius 3 is 2.29 bits per heavy atom. The highest BCUT2D eigenvalue weighted by atomic mass is 16.6. The van der Waals surface area contributed by atoms with Gasteiger partial charge in [-0.15, -0.1) is 0 Å². The Labute approximate surface area is 165 Å². The van der Waals surface area contributed by atoms with E-state index in [4.69, 9.17) is 9.84 Å². The van der Waals surface area contributed by atoms with Crippen LogP contribution in [0, 0.1) is 0 Å². The second-order valence-corrected chi connectivity index (χ2v) is 6.75. The van der Waals surface area contributed by atoms with Crippen LogP contribution < -0.4 is 5.32 Å². The zero-order valence-corrected chi connectivity index (χ0v) is 16.1. The van der Waals surface area contributed by atoms with Gasteiger partial charge >= 0.3 is 6.09 Å². The van der Waals surface area contributed by atoms with Crippen molar-refractivity contribution in [3.8, 4) is 0 Å². The number of carbonyl (C=O) groups is 3. The first-order valence-corrected chi connectivity index (χ1v) is 9.68. The standard InChI is InChI=1S/C19H27BN2O6/c20-11-16(15(24)12-23)28-19(27)21-9-5-1-2-6-10-22-17(25)13-7-3-4-8-14(13)18(22)26/h3-4,7-8,15-16,23-24H,1-2,5-6,9-12,20H2,(H,21,27)/t15-,16-/m0/s1. The van der Waals surface area contributed by atoms with Crippen LogP contribution in [0.2, 0.25) is 6.32 Å². The largest absolute Gasteiger partial charge is 0.444 e. The minimum absolute atomic E-state index is 0.236. The van der Waals surface area contributed by atoms with Gasteiger partial charge in [0.25, 0.3) is 11.8 Å². The number of nitrogens with one attached hydrogen (secondary N) is 1.